The lowest BCUT2D eigenvalue weighted by atomic mass is 10.0. The van der Waals surface area contributed by atoms with Gasteiger partial charge in [0.2, 0.25) is 5.91 Å². The van der Waals surface area contributed by atoms with Gasteiger partial charge in [-0.15, -0.1) is 0 Å². The Bertz CT molecular complexity index is 928. The molecule has 1 atom stereocenters. The Hall–Kier alpha value is -1.82. The topological polar surface area (TPSA) is 76.4 Å². The van der Waals surface area contributed by atoms with Crippen molar-refractivity contribution in [2.24, 2.45) is 0 Å². The molecule has 1 fully saturated rings. The van der Waals surface area contributed by atoms with E-state index < -0.39 is 15.4 Å². The number of nitrogens with one attached hydrogen (secondary N) is 1. The molecule has 1 aromatic heterocycles. The van der Waals surface area contributed by atoms with E-state index in [4.69, 9.17) is 4.42 Å². The van der Waals surface area contributed by atoms with E-state index in [1.54, 1.807) is 13.2 Å². The lowest BCUT2D eigenvalue weighted by Gasteiger charge is -2.23. The molecular formula is C18H21NO4S. The van der Waals surface area contributed by atoms with Crippen LogP contribution in [-0.4, -0.2) is 31.4 Å². The molecule has 1 unspecified atom stereocenters. The van der Waals surface area contributed by atoms with Crippen LogP contribution in [0.15, 0.2) is 22.8 Å². The quantitative estimate of drug-likeness (QED) is 0.923. The van der Waals surface area contributed by atoms with Gasteiger partial charge in [-0.1, -0.05) is 0 Å². The van der Waals surface area contributed by atoms with Gasteiger partial charge in [0.25, 0.3) is 0 Å². The van der Waals surface area contributed by atoms with Gasteiger partial charge in [0.05, 0.1) is 29.7 Å². The first-order valence-corrected chi connectivity index (χ1v) is 10.2. The number of carbonyl (C=O) groups is 1. The van der Waals surface area contributed by atoms with Crippen molar-refractivity contribution in [3.8, 4) is 0 Å². The molecule has 1 N–H and O–H groups in total. The predicted octanol–water partition coefficient (Wildman–Crippen LogP) is 2.16. The highest BCUT2D eigenvalue weighted by molar-refractivity contribution is 7.91. The van der Waals surface area contributed by atoms with Gasteiger partial charge in [0, 0.05) is 10.9 Å². The van der Waals surface area contributed by atoms with Crippen LogP contribution in [0.4, 0.5) is 0 Å². The van der Waals surface area contributed by atoms with E-state index in [-0.39, 0.29) is 23.8 Å². The van der Waals surface area contributed by atoms with E-state index in [2.05, 4.69) is 17.4 Å². The second-order valence-corrected chi connectivity index (χ2v) is 9.54. The molecule has 1 aliphatic heterocycles. The van der Waals surface area contributed by atoms with Crippen LogP contribution in [0.5, 0.6) is 0 Å². The first kappa shape index (κ1) is 15.7. The minimum atomic E-state index is -3.04. The Labute approximate surface area is 141 Å². The second kappa shape index (κ2) is 5.34. The Balaban J connectivity index is 1.53. The summed E-state index contributed by atoms with van der Waals surface area (Å²) in [5, 5.41) is 3.90. The van der Waals surface area contributed by atoms with Crippen molar-refractivity contribution in [2.75, 3.05) is 11.5 Å². The van der Waals surface area contributed by atoms with Crippen molar-refractivity contribution in [2.45, 2.75) is 44.6 Å². The molecule has 0 bridgehead atoms. The number of sulfone groups is 1. The summed E-state index contributed by atoms with van der Waals surface area (Å²) < 4.78 is 29.0. The van der Waals surface area contributed by atoms with Crippen molar-refractivity contribution in [1.82, 2.24) is 5.32 Å². The van der Waals surface area contributed by atoms with Crippen molar-refractivity contribution in [1.29, 1.82) is 0 Å². The number of benzene rings is 1. The SMILES string of the molecule is CC1(NC(=O)Cc2coc3cc4c(cc23)CCC4)CCS(=O)(=O)C1. The molecule has 24 heavy (non-hydrogen) atoms. The molecule has 0 saturated carbocycles. The maximum Gasteiger partial charge on any atom is 0.225 e. The second-order valence-electron chi connectivity index (χ2n) is 7.36. The van der Waals surface area contributed by atoms with Gasteiger partial charge >= 0.3 is 0 Å². The molecule has 128 valence electrons. The van der Waals surface area contributed by atoms with Crippen LogP contribution in [0.3, 0.4) is 0 Å². The smallest absolute Gasteiger partial charge is 0.225 e. The Morgan fingerprint density at radius 3 is 2.75 bits per heavy atom. The zero-order chi connectivity index (χ0) is 16.9. The van der Waals surface area contributed by atoms with Gasteiger partial charge in [0.1, 0.15) is 5.58 Å². The predicted molar refractivity (Wildman–Crippen MR) is 91.8 cm³/mol. The molecule has 2 aromatic rings. The molecule has 6 heteroatoms. The fourth-order valence-electron chi connectivity index (χ4n) is 3.95. The number of carbonyl (C=O) groups excluding carboxylic acids is 1. The third-order valence-corrected chi connectivity index (χ3v) is 7.07. The summed E-state index contributed by atoms with van der Waals surface area (Å²) >= 11 is 0. The minimum Gasteiger partial charge on any atom is -0.464 e. The molecule has 1 saturated heterocycles. The average Bonchev–Trinajstić information content (AvgIpc) is 3.15. The standard InChI is InChI=1S/C18H21NO4S/c1-18(5-6-24(21,22)11-18)19-17(20)9-14-10-23-16-8-13-4-2-3-12(13)7-15(14)16/h7-8,10H,2-6,9,11H2,1H3,(H,19,20). The number of fused-ring (bicyclic) bond motifs is 2. The first-order chi connectivity index (χ1) is 11.3. The fourth-order valence-corrected chi connectivity index (χ4v) is 6.04. The van der Waals surface area contributed by atoms with E-state index in [1.165, 1.54) is 17.5 Å². The van der Waals surface area contributed by atoms with Crippen LogP contribution in [0.2, 0.25) is 0 Å². The van der Waals surface area contributed by atoms with Gasteiger partial charge < -0.3 is 9.73 Å². The monoisotopic (exact) mass is 347 g/mol. The molecule has 4 rings (SSSR count). The molecule has 0 spiro atoms. The normalized spacial score (nSPS) is 25.0. The molecule has 1 aromatic carbocycles. The maximum atomic E-state index is 12.4. The van der Waals surface area contributed by atoms with Crippen LogP contribution in [-0.2, 0) is 33.9 Å². The summed E-state index contributed by atoms with van der Waals surface area (Å²) in [6.45, 7) is 1.80. The third kappa shape index (κ3) is 2.83. The van der Waals surface area contributed by atoms with Crippen LogP contribution < -0.4 is 5.32 Å². The first-order valence-electron chi connectivity index (χ1n) is 8.37. The Morgan fingerprint density at radius 2 is 2.04 bits per heavy atom. The Morgan fingerprint density at radius 1 is 1.29 bits per heavy atom. The van der Waals surface area contributed by atoms with E-state index in [9.17, 15) is 13.2 Å². The number of rotatable bonds is 3. The van der Waals surface area contributed by atoms with E-state index >= 15 is 0 Å². The summed E-state index contributed by atoms with van der Waals surface area (Å²) in [4.78, 5) is 12.4. The van der Waals surface area contributed by atoms with Crippen LogP contribution in [0.25, 0.3) is 11.0 Å². The van der Waals surface area contributed by atoms with E-state index in [1.807, 2.05) is 0 Å². The lowest BCUT2D eigenvalue weighted by molar-refractivity contribution is -0.121. The van der Waals surface area contributed by atoms with Gasteiger partial charge in [-0.25, -0.2) is 8.42 Å². The highest BCUT2D eigenvalue weighted by Crippen LogP contribution is 2.31. The maximum absolute atomic E-state index is 12.4. The van der Waals surface area contributed by atoms with Crippen LogP contribution >= 0.6 is 0 Å². The minimum absolute atomic E-state index is 0.0192. The molecule has 1 amide bonds. The average molecular weight is 347 g/mol. The molecule has 0 radical (unpaired) electrons. The highest BCUT2D eigenvalue weighted by atomic mass is 32.2. The van der Waals surface area contributed by atoms with Crippen molar-refractivity contribution < 1.29 is 17.6 Å². The highest BCUT2D eigenvalue weighted by Gasteiger charge is 2.39. The summed E-state index contributed by atoms with van der Waals surface area (Å²) in [7, 11) is -3.04. The summed E-state index contributed by atoms with van der Waals surface area (Å²) in [6.07, 6.45) is 5.67. The van der Waals surface area contributed by atoms with Crippen molar-refractivity contribution in [3.63, 3.8) is 0 Å². The third-order valence-electron chi connectivity index (χ3n) is 5.16. The van der Waals surface area contributed by atoms with Crippen molar-refractivity contribution in [3.05, 3.63) is 35.1 Å². The molecule has 2 aliphatic rings. The lowest BCUT2D eigenvalue weighted by Crippen LogP contribution is -2.47. The van der Waals surface area contributed by atoms with Crippen LogP contribution in [0.1, 0.15) is 36.5 Å². The van der Waals surface area contributed by atoms with Gasteiger partial charge in [-0.3, -0.25) is 4.79 Å². The molecular weight excluding hydrogens is 326 g/mol. The number of hydrogen-bond acceptors (Lipinski definition) is 4. The fraction of sp³-hybridized carbons (Fsp3) is 0.500. The largest absolute Gasteiger partial charge is 0.464 e. The van der Waals surface area contributed by atoms with Crippen LogP contribution in [0, 0.1) is 0 Å². The summed E-state index contributed by atoms with van der Waals surface area (Å²) in [5.41, 5.74) is 3.72. The van der Waals surface area contributed by atoms with Crippen molar-refractivity contribution >= 4 is 26.7 Å². The summed E-state index contributed by atoms with van der Waals surface area (Å²) in [6, 6.07) is 4.23. The Kier molecular flexibility index (Phi) is 3.49. The van der Waals surface area contributed by atoms with E-state index in [0.29, 0.717) is 6.42 Å². The number of amides is 1. The molecule has 5 nitrogen and oxygen atoms in total. The number of aryl methyl sites for hydroxylation is 2. The number of furan rings is 1. The van der Waals surface area contributed by atoms with Gasteiger partial charge in [0.15, 0.2) is 9.84 Å². The molecule has 2 heterocycles. The number of hydrogen-bond donors (Lipinski definition) is 1. The van der Waals surface area contributed by atoms with E-state index in [0.717, 1.165) is 29.4 Å². The zero-order valence-corrected chi connectivity index (χ0v) is 14.5. The molecule has 1 aliphatic carbocycles. The summed E-state index contributed by atoms with van der Waals surface area (Å²) in [5.74, 6) is 0.00782. The zero-order valence-electron chi connectivity index (χ0n) is 13.7. The van der Waals surface area contributed by atoms with Gasteiger partial charge in [-0.05, 0) is 55.9 Å². The van der Waals surface area contributed by atoms with Gasteiger partial charge in [-0.2, -0.15) is 0 Å².